The maximum Gasteiger partial charge on any atom is -0.00201 e. The van der Waals surface area contributed by atoms with Gasteiger partial charge in [-0.15, -0.1) is 0 Å². The van der Waals surface area contributed by atoms with Crippen LogP contribution in [0.4, 0.5) is 0 Å². The zero-order valence-electron chi connectivity index (χ0n) is 19.9. The smallest absolute Gasteiger partial charge is 0.00201 e. The fourth-order valence-electron chi connectivity index (χ4n) is 5.56. The Morgan fingerprint density at radius 3 is 1.72 bits per heavy atom. The van der Waals surface area contributed by atoms with Crippen molar-refractivity contribution in [1.82, 2.24) is 0 Å². The third-order valence-electron chi connectivity index (χ3n) is 7.25. The molecule has 0 aliphatic heterocycles. The van der Waals surface area contributed by atoms with Gasteiger partial charge in [-0.05, 0) is 77.8 Å². The molecule has 0 atom stereocenters. The lowest BCUT2D eigenvalue weighted by Gasteiger charge is -2.19. The summed E-state index contributed by atoms with van der Waals surface area (Å²) in [7, 11) is 0. The summed E-state index contributed by atoms with van der Waals surface area (Å²) in [5, 5.41) is 7.61. The average Bonchev–Trinajstić information content (AvgIpc) is 2.96. The summed E-state index contributed by atoms with van der Waals surface area (Å²) in [6.07, 6.45) is 0. The Balaban J connectivity index is 1.64. The van der Waals surface area contributed by atoms with Gasteiger partial charge in [0.15, 0.2) is 0 Å². The third-order valence-corrected chi connectivity index (χ3v) is 7.25. The molecule has 0 nitrogen and oxygen atoms in total. The van der Waals surface area contributed by atoms with Crippen LogP contribution in [0.5, 0.6) is 0 Å². The van der Waals surface area contributed by atoms with Gasteiger partial charge in [0.05, 0.1) is 0 Å². The van der Waals surface area contributed by atoms with Crippen LogP contribution in [-0.2, 0) is 0 Å². The van der Waals surface area contributed by atoms with Crippen molar-refractivity contribution in [2.45, 2.75) is 0 Å². The molecule has 0 aliphatic rings. The highest BCUT2D eigenvalue weighted by atomic mass is 14.2. The molecular formula is C36H24. The molecule has 0 radical (unpaired) electrons. The van der Waals surface area contributed by atoms with Gasteiger partial charge in [0, 0.05) is 0 Å². The summed E-state index contributed by atoms with van der Waals surface area (Å²) < 4.78 is 0. The predicted octanol–water partition coefficient (Wildman–Crippen LogP) is 10.1. The van der Waals surface area contributed by atoms with E-state index in [2.05, 4.69) is 146 Å². The lowest BCUT2D eigenvalue weighted by Crippen LogP contribution is -1.92. The van der Waals surface area contributed by atoms with Gasteiger partial charge >= 0.3 is 0 Å². The van der Waals surface area contributed by atoms with E-state index in [0.717, 1.165) is 0 Å². The Kier molecular flexibility index (Phi) is 4.89. The number of fused-ring (bicyclic) bond motifs is 3. The highest BCUT2D eigenvalue weighted by Gasteiger charge is 2.17. The molecule has 0 unspecified atom stereocenters. The van der Waals surface area contributed by atoms with Gasteiger partial charge in [0.1, 0.15) is 0 Å². The van der Waals surface area contributed by atoms with Gasteiger partial charge in [0.2, 0.25) is 0 Å². The monoisotopic (exact) mass is 456 g/mol. The van der Waals surface area contributed by atoms with E-state index in [1.165, 1.54) is 65.7 Å². The maximum atomic E-state index is 2.37. The molecule has 0 amide bonds. The Bertz CT molecular complexity index is 1870. The van der Waals surface area contributed by atoms with Crippen molar-refractivity contribution in [3.63, 3.8) is 0 Å². The van der Waals surface area contributed by atoms with Crippen molar-refractivity contribution >= 4 is 32.3 Å². The summed E-state index contributed by atoms with van der Waals surface area (Å²) in [6, 6.07) is 52.8. The van der Waals surface area contributed by atoms with E-state index in [9.17, 15) is 0 Å². The zero-order valence-corrected chi connectivity index (χ0v) is 19.9. The van der Waals surface area contributed by atoms with Crippen molar-refractivity contribution < 1.29 is 0 Å². The Morgan fingerprint density at radius 1 is 0.278 bits per heavy atom. The van der Waals surface area contributed by atoms with Crippen LogP contribution in [0.25, 0.3) is 65.7 Å². The van der Waals surface area contributed by atoms with Gasteiger partial charge in [-0.2, -0.15) is 0 Å². The molecule has 0 N–H and O–H groups in total. The fourth-order valence-corrected chi connectivity index (χ4v) is 5.56. The number of hydrogen-bond donors (Lipinski definition) is 0. The van der Waals surface area contributed by atoms with Crippen LogP contribution < -0.4 is 0 Å². The van der Waals surface area contributed by atoms with E-state index in [1.807, 2.05) is 0 Å². The SMILES string of the molecule is c1ccc(-c2ccccc2-c2c(-c3cccc4ccccc34)ccc3cc4ccccc4cc23)cc1. The lowest BCUT2D eigenvalue weighted by molar-refractivity contribution is 1.59. The first kappa shape index (κ1) is 20.7. The number of benzene rings is 7. The van der Waals surface area contributed by atoms with Gasteiger partial charge in [-0.25, -0.2) is 0 Å². The van der Waals surface area contributed by atoms with E-state index in [4.69, 9.17) is 0 Å². The van der Waals surface area contributed by atoms with Crippen molar-refractivity contribution in [2.75, 3.05) is 0 Å². The van der Waals surface area contributed by atoms with Crippen LogP contribution in [-0.4, -0.2) is 0 Å². The predicted molar refractivity (Wildman–Crippen MR) is 155 cm³/mol. The highest BCUT2D eigenvalue weighted by Crippen LogP contribution is 2.44. The number of rotatable bonds is 3. The Morgan fingerprint density at radius 2 is 0.889 bits per heavy atom. The summed E-state index contributed by atoms with van der Waals surface area (Å²) in [5.74, 6) is 0. The van der Waals surface area contributed by atoms with Crippen LogP contribution in [0.3, 0.4) is 0 Å². The van der Waals surface area contributed by atoms with Crippen LogP contribution in [0.15, 0.2) is 146 Å². The molecule has 0 saturated heterocycles. The Hall–Kier alpha value is -4.68. The van der Waals surface area contributed by atoms with Crippen LogP contribution in [0, 0.1) is 0 Å². The molecule has 7 rings (SSSR count). The maximum absolute atomic E-state index is 2.37. The summed E-state index contributed by atoms with van der Waals surface area (Å²) in [6.45, 7) is 0. The van der Waals surface area contributed by atoms with E-state index >= 15 is 0 Å². The van der Waals surface area contributed by atoms with Crippen molar-refractivity contribution in [1.29, 1.82) is 0 Å². The summed E-state index contributed by atoms with van der Waals surface area (Å²) >= 11 is 0. The van der Waals surface area contributed by atoms with Gasteiger partial charge in [-0.3, -0.25) is 0 Å². The molecular weight excluding hydrogens is 432 g/mol. The first-order chi connectivity index (χ1) is 17.9. The normalized spacial score (nSPS) is 11.3. The summed E-state index contributed by atoms with van der Waals surface area (Å²) in [4.78, 5) is 0. The van der Waals surface area contributed by atoms with Crippen LogP contribution >= 0.6 is 0 Å². The molecule has 36 heavy (non-hydrogen) atoms. The van der Waals surface area contributed by atoms with Crippen LogP contribution in [0.2, 0.25) is 0 Å². The van der Waals surface area contributed by atoms with E-state index in [0.29, 0.717) is 0 Å². The topological polar surface area (TPSA) is 0 Å². The minimum atomic E-state index is 1.23. The lowest BCUT2D eigenvalue weighted by atomic mass is 9.84. The molecule has 0 spiro atoms. The second kappa shape index (κ2) is 8.52. The minimum absolute atomic E-state index is 1.23. The van der Waals surface area contributed by atoms with Crippen molar-refractivity contribution in [3.05, 3.63) is 146 Å². The molecule has 0 heteroatoms. The second-order valence-electron chi connectivity index (χ2n) is 9.35. The van der Waals surface area contributed by atoms with Crippen molar-refractivity contribution in [3.8, 4) is 33.4 Å². The molecule has 0 saturated carbocycles. The zero-order chi connectivity index (χ0) is 23.9. The molecule has 0 fully saturated rings. The second-order valence-corrected chi connectivity index (χ2v) is 9.35. The first-order valence-corrected chi connectivity index (χ1v) is 12.5. The fraction of sp³-hybridized carbons (Fsp3) is 0. The van der Waals surface area contributed by atoms with Crippen molar-refractivity contribution in [2.24, 2.45) is 0 Å². The molecule has 0 aromatic heterocycles. The van der Waals surface area contributed by atoms with E-state index < -0.39 is 0 Å². The molecule has 7 aromatic carbocycles. The molecule has 0 heterocycles. The average molecular weight is 457 g/mol. The minimum Gasteiger partial charge on any atom is -0.0622 e. The van der Waals surface area contributed by atoms with Gasteiger partial charge in [0.25, 0.3) is 0 Å². The molecule has 168 valence electrons. The third kappa shape index (κ3) is 3.39. The standard InChI is InChI=1S/C36H24/c1-2-11-25(12-3-1)31-18-8-9-19-33(31)36-34(32-20-10-16-26-13-6-7-17-30(26)32)22-21-29-23-27-14-4-5-15-28(27)24-35(29)36/h1-24H. The highest BCUT2D eigenvalue weighted by molar-refractivity contribution is 6.13. The van der Waals surface area contributed by atoms with Gasteiger partial charge in [-0.1, -0.05) is 133 Å². The van der Waals surface area contributed by atoms with E-state index in [1.54, 1.807) is 0 Å². The molecule has 0 bridgehead atoms. The summed E-state index contributed by atoms with van der Waals surface area (Å²) in [5.41, 5.74) is 7.55. The first-order valence-electron chi connectivity index (χ1n) is 12.5. The van der Waals surface area contributed by atoms with Gasteiger partial charge < -0.3 is 0 Å². The number of hydrogen-bond acceptors (Lipinski definition) is 0. The molecule has 0 aliphatic carbocycles. The Labute approximate surface area is 211 Å². The van der Waals surface area contributed by atoms with E-state index in [-0.39, 0.29) is 0 Å². The quantitative estimate of drug-likeness (QED) is 0.232. The molecule has 7 aromatic rings. The van der Waals surface area contributed by atoms with Crippen LogP contribution in [0.1, 0.15) is 0 Å². The largest absolute Gasteiger partial charge is 0.0622 e.